The zero-order valence-electron chi connectivity index (χ0n) is 11.9. The summed E-state index contributed by atoms with van der Waals surface area (Å²) in [5.74, 6) is 0. The summed E-state index contributed by atoms with van der Waals surface area (Å²) in [6.45, 7) is 3.07. The average molecular weight is 253 g/mol. The molecule has 2 aromatic carbocycles. The summed E-state index contributed by atoms with van der Waals surface area (Å²) in [5.41, 5.74) is 2.53. The van der Waals surface area contributed by atoms with E-state index in [1.165, 1.54) is 17.4 Å². The van der Waals surface area contributed by atoms with E-state index in [0.29, 0.717) is 0 Å². The molecule has 0 fully saturated rings. The maximum absolute atomic E-state index is 2.27. The Bertz CT molecular complexity index is 481. The number of anilines is 1. The molecule has 0 spiro atoms. The minimum absolute atomic E-state index is 0.920. The summed E-state index contributed by atoms with van der Waals surface area (Å²) in [6, 6.07) is 21.0. The highest BCUT2D eigenvalue weighted by atomic mass is 15.3. The van der Waals surface area contributed by atoms with E-state index in [0.717, 1.165) is 6.54 Å². The van der Waals surface area contributed by atoms with Gasteiger partial charge in [-0.15, -0.1) is 0 Å². The van der Waals surface area contributed by atoms with Gasteiger partial charge in [0.25, 0.3) is 0 Å². The molecule has 0 N–H and O–H groups in total. The van der Waals surface area contributed by atoms with Crippen LogP contribution in [0.1, 0.15) is 12.5 Å². The molecular weight excluding hydrogens is 232 g/mol. The summed E-state index contributed by atoms with van der Waals surface area (Å²) in [6.07, 6.45) is 1.23. The van der Waals surface area contributed by atoms with Crippen molar-refractivity contribution in [2.24, 2.45) is 0 Å². The van der Waals surface area contributed by atoms with Crippen molar-refractivity contribution in [3.8, 4) is 0 Å². The molecule has 2 nitrogen and oxygen atoms in total. The Hall–Kier alpha value is -1.80. The highest BCUT2D eigenvalue weighted by molar-refractivity contribution is 5.48. The van der Waals surface area contributed by atoms with E-state index in [1.54, 1.807) is 0 Å². The van der Waals surface area contributed by atoms with Crippen LogP contribution < -0.4 is 4.90 Å². The lowest BCUT2D eigenvalue weighted by Gasteiger charge is -2.33. The number of hydrogen-bond acceptors (Lipinski definition) is 2. The molecule has 0 saturated heterocycles. The Morgan fingerprint density at radius 3 is 1.95 bits per heavy atom. The fraction of sp³-hybridized carbons (Fsp3) is 0.235. The second kappa shape index (κ2) is 6.39. The molecule has 0 aromatic heterocycles. The third kappa shape index (κ3) is 3.58. The lowest BCUT2D eigenvalue weighted by atomic mass is 10.2. The largest absolute Gasteiger partial charge is 0.353 e. The van der Waals surface area contributed by atoms with Crippen LogP contribution in [-0.4, -0.2) is 19.0 Å². The zero-order valence-corrected chi connectivity index (χ0v) is 11.9. The van der Waals surface area contributed by atoms with Crippen LogP contribution in [0.25, 0.3) is 0 Å². The normalized spacial score (nSPS) is 11.0. The topological polar surface area (TPSA) is 6.48 Å². The summed E-state index contributed by atoms with van der Waals surface area (Å²) >= 11 is 0. The summed E-state index contributed by atoms with van der Waals surface area (Å²) in [5, 5.41) is 0. The summed E-state index contributed by atoms with van der Waals surface area (Å²) in [4.78, 5) is 4.48. The van der Waals surface area contributed by atoms with Gasteiger partial charge in [0.1, 0.15) is 6.17 Å². The number of nitrogens with zero attached hydrogens (tertiary/aromatic N) is 2. The molecule has 0 saturated carbocycles. The predicted molar refractivity (Wildman–Crippen MR) is 81.7 cm³/mol. The van der Waals surface area contributed by atoms with E-state index in [1.807, 2.05) is 6.07 Å². The van der Waals surface area contributed by atoms with E-state index in [2.05, 4.69) is 85.4 Å². The average Bonchev–Trinajstić information content (AvgIpc) is 2.47. The van der Waals surface area contributed by atoms with Crippen molar-refractivity contribution < 1.29 is 0 Å². The minimum Gasteiger partial charge on any atom is -0.353 e. The monoisotopic (exact) mass is 253 g/mol. The fourth-order valence-corrected chi connectivity index (χ4v) is 2.07. The van der Waals surface area contributed by atoms with Gasteiger partial charge in [-0.3, -0.25) is 4.90 Å². The van der Waals surface area contributed by atoms with Gasteiger partial charge in [0, 0.05) is 19.3 Å². The predicted octanol–water partition coefficient (Wildman–Crippen LogP) is 3.76. The van der Waals surface area contributed by atoms with Crippen LogP contribution >= 0.6 is 0 Å². The lowest BCUT2D eigenvalue weighted by Crippen LogP contribution is -2.35. The third-order valence-corrected chi connectivity index (χ3v) is 3.44. The number of benzene rings is 2. The Labute approximate surface area is 116 Å². The van der Waals surface area contributed by atoms with Crippen LogP contribution in [0, 0.1) is 6.17 Å². The van der Waals surface area contributed by atoms with Gasteiger partial charge in [0.05, 0.1) is 0 Å². The van der Waals surface area contributed by atoms with Gasteiger partial charge in [0.2, 0.25) is 0 Å². The SMILES string of the molecule is C[C](N(C)Cc1ccccc1)N(C)c1ccccc1. The lowest BCUT2D eigenvalue weighted by molar-refractivity contribution is 0.334. The van der Waals surface area contributed by atoms with Crippen LogP contribution in [0.3, 0.4) is 0 Å². The van der Waals surface area contributed by atoms with Crippen molar-refractivity contribution in [2.75, 3.05) is 19.0 Å². The molecule has 2 rings (SSSR count). The van der Waals surface area contributed by atoms with Gasteiger partial charge >= 0.3 is 0 Å². The van der Waals surface area contributed by atoms with E-state index in [-0.39, 0.29) is 0 Å². The van der Waals surface area contributed by atoms with E-state index >= 15 is 0 Å². The number of hydrogen-bond donors (Lipinski definition) is 0. The first-order valence-corrected chi connectivity index (χ1v) is 6.56. The maximum Gasteiger partial charge on any atom is 0.128 e. The Balaban J connectivity index is 2.01. The number of para-hydroxylation sites is 1. The first kappa shape index (κ1) is 13.6. The van der Waals surface area contributed by atoms with E-state index < -0.39 is 0 Å². The molecule has 0 bridgehead atoms. The molecule has 2 heteroatoms. The number of rotatable bonds is 5. The first-order chi connectivity index (χ1) is 9.18. The highest BCUT2D eigenvalue weighted by Crippen LogP contribution is 2.21. The van der Waals surface area contributed by atoms with Crippen molar-refractivity contribution in [2.45, 2.75) is 13.5 Å². The van der Waals surface area contributed by atoms with Crippen molar-refractivity contribution >= 4 is 5.69 Å². The smallest absolute Gasteiger partial charge is 0.128 e. The molecule has 0 atom stereocenters. The molecule has 0 aliphatic rings. The van der Waals surface area contributed by atoms with Gasteiger partial charge in [0.15, 0.2) is 0 Å². The molecule has 19 heavy (non-hydrogen) atoms. The third-order valence-electron chi connectivity index (χ3n) is 3.44. The van der Waals surface area contributed by atoms with Crippen LogP contribution in [0.5, 0.6) is 0 Å². The van der Waals surface area contributed by atoms with Gasteiger partial charge in [-0.05, 0) is 31.7 Å². The first-order valence-electron chi connectivity index (χ1n) is 6.56. The van der Waals surface area contributed by atoms with Crippen molar-refractivity contribution in [3.05, 3.63) is 72.4 Å². The molecule has 2 aromatic rings. The summed E-state index contributed by atoms with van der Waals surface area (Å²) in [7, 11) is 4.23. The van der Waals surface area contributed by atoms with E-state index in [9.17, 15) is 0 Å². The van der Waals surface area contributed by atoms with Crippen LogP contribution in [0.2, 0.25) is 0 Å². The van der Waals surface area contributed by atoms with Gasteiger partial charge < -0.3 is 4.90 Å². The molecule has 0 aliphatic heterocycles. The highest BCUT2D eigenvalue weighted by Gasteiger charge is 2.16. The van der Waals surface area contributed by atoms with Crippen LogP contribution in [-0.2, 0) is 6.54 Å². The molecule has 99 valence electrons. The van der Waals surface area contributed by atoms with E-state index in [4.69, 9.17) is 0 Å². The fourth-order valence-electron chi connectivity index (χ4n) is 2.07. The zero-order chi connectivity index (χ0) is 13.7. The molecular formula is C17H21N2. The van der Waals surface area contributed by atoms with Crippen molar-refractivity contribution in [3.63, 3.8) is 0 Å². The second-order valence-electron chi connectivity index (χ2n) is 4.78. The van der Waals surface area contributed by atoms with Gasteiger partial charge in [-0.25, -0.2) is 0 Å². The maximum atomic E-state index is 2.27. The van der Waals surface area contributed by atoms with Crippen LogP contribution in [0.15, 0.2) is 60.7 Å². The standard InChI is InChI=1S/C17H21N2/c1-15(19(3)17-12-8-5-9-13-17)18(2)14-16-10-6-4-7-11-16/h4-13H,14H2,1-3H3. The van der Waals surface area contributed by atoms with Gasteiger partial charge in [-0.1, -0.05) is 48.5 Å². The molecule has 0 heterocycles. The molecule has 1 radical (unpaired) electrons. The Kier molecular flexibility index (Phi) is 4.58. The summed E-state index contributed by atoms with van der Waals surface area (Å²) < 4.78 is 0. The molecule has 0 amide bonds. The minimum atomic E-state index is 0.920. The molecule has 0 unspecified atom stereocenters. The quantitative estimate of drug-likeness (QED) is 0.800. The molecule has 0 aliphatic carbocycles. The Morgan fingerprint density at radius 1 is 0.842 bits per heavy atom. The Morgan fingerprint density at radius 2 is 1.37 bits per heavy atom. The van der Waals surface area contributed by atoms with Crippen molar-refractivity contribution in [1.29, 1.82) is 0 Å². The second-order valence-corrected chi connectivity index (χ2v) is 4.78. The van der Waals surface area contributed by atoms with Crippen LogP contribution in [0.4, 0.5) is 5.69 Å². The van der Waals surface area contributed by atoms with Crippen molar-refractivity contribution in [1.82, 2.24) is 4.90 Å². The van der Waals surface area contributed by atoms with Gasteiger partial charge in [-0.2, -0.15) is 0 Å².